The van der Waals surface area contributed by atoms with Crippen LogP contribution >= 0.6 is 11.6 Å². The highest BCUT2D eigenvalue weighted by atomic mass is 35.5. The number of hydrogen-bond acceptors (Lipinski definition) is 4. The Morgan fingerprint density at radius 1 is 1.03 bits per heavy atom. The number of hydrogen-bond donors (Lipinski definition) is 0. The molecule has 3 aromatic carbocycles. The van der Waals surface area contributed by atoms with Crippen LogP contribution in [0.4, 0.5) is 4.39 Å². The lowest BCUT2D eigenvalue weighted by molar-refractivity contribution is 0.179. The molecule has 0 amide bonds. The van der Waals surface area contributed by atoms with E-state index in [1.165, 1.54) is 18.4 Å². The summed E-state index contributed by atoms with van der Waals surface area (Å²) in [4.78, 5) is 15.2. The zero-order valence-corrected chi connectivity index (χ0v) is 18.6. The summed E-state index contributed by atoms with van der Waals surface area (Å²) in [6, 6.07) is 18.5. The van der Waals surface area contributed by atoms with Gasteiger partial charge in [0, 0.05) is 18.0 Å². The minimum absolute atomic E-state index is 0.148. The van der Waals surface area contributed by atoms with Crippen LogP contribution in [0, 0.1) is 5.82 Å². The predicted octanol–water partition coefficient (Wildman–Crippen LogP) is 6.32. The molecule has 4 nitrogen and oxygen atoms in total. The van der Waals surface area contributed by atoms with Crippen LogP contribution < -0.4 is 10.2 Å². The van der Waals surface area contributed by atoms with Crippen molar-refractivity contribution in [2.24, 2.45) is 0 Å². The lowest BCUT2D eigenvalue weighted by atomic mass is 10.0. The Morgan fingerprint density at radius 2 is 1.75 bits per heavy atom. The smallest absolute Gasteiger partial charge is 0.200 e. The molecule has 0 N–H and O–H groups in total. The van der Waals surface area contributed by atoms with Crippen LogP contribution in [0.5, 0.6) is 5.75 Å². The van der Waals surface area contributed by atoms with Crippen LogP contribution in [0.1, 0.15) is 18.1 Å². The average Bonchev–Trinajstić information content (AvgIpc) is 2.78. The van der Waals surface area contributed by atoms with Crippen LogP contribution in [-0.2, 0) is 0 Å². The molecule has 0 aliphatic heterocycles. The molecule has 0 aliphatic carbocycles. The van der Waals surface area contributed by atoms with Crippen molar-refractivity contribution in [3.8, 4) is 16.9 Å². The molecular weight excluding hydrogens is 429 g/mol. The van der Waals surface area contributed by atoms with Gasteiger partial charge in [-0.25, -0.2) is 4.39 Å². The molecule has 4 rings (SSSR count). The molecule has 0 aliphatic rings. The fourth-order valence-corrected chi connectivity index (χ4v) is 3.65. The summed E-state index contributed by atoms with van der Waals surface area (Å²) in [5, 5.41) is 1.03. The molecule has 6 heteroatoms. The van der Waals surface area contributed by atoms with Crippen molar-refractivity contribution in [2.75, 3.05) is 20.6 Å². The van der Waals surface area contributed by atoms with Crippen molar-refractivity contribution in [1.29, 1.82) is 0 Å². The van der Waals surface area contributed by atoms with Gasteiger partial charge in [-0.15, -0.1) is 0 Å². The molecule has 0 saturated carbocycles. The summed E-state index contributed by atoms with van der Waals surface area (Å²) in [5.41, 5.74) is 2.38. The van der Waals surface area contributed by atoms with E-state index in [1.807, 2.05) is 14.1 Å². The van der Waals surface area contributed by atoms with Gasteiger partial charge in [0.1, 0.15) is 29.5 Å². The SMILES string of the molecule is CN(C)CCC(Oc1ccc2occ(-c3ccc(Cl)cc3)c(=O)c2c1)c1ccc(F)cc1. The Bertz CT molecular complexity index is 1270. The first-order valence-corrected chi connectivity index (χ1v) is 10.7. The third-order valence-corrected chi connectivity index (χ3v) is 5.51. The van der Waals surface area contributed by atoms with Gasteiger partial charge >= 0.3 is 0 Å². The fraction of sp³-hybridized carbons (Fsp3) is 0.192. The number of rotatable bonds is 7. The van der Waals surface area contributed by atoms with Gasteiger partial charge in [-0.05, 0) is 67.7 Å². The summed E-state index contributed by atoms with van der Waals surface area (Å²) in [6.45, 7) is 0.790. The van der Waals surface area contributed by atoms with E-state index in [0.29, 0.717) is 33.7 Å². The van der Waals surface area contributed by atoms with Crippen LogP contribution in [-0.4, -0.2) is 25.5 Å². The molecule has 32 heavy (non-hydrogen) atoms. The minimum Gasteiger partial charge on any atom is -0.486 e. The van der Waals surface area contributed by atoms with Crippen LogP contribution in [0.3, 0.4) is 0 Å². The van der Waals surface area contributed by atoms with Gasteiger partial charge < -0.3 is 14.1 Å². The van der Waals surface area contributed by atoms with E-state index < -0.39 is 0 Å². The number of nitrogens with zero attached hydrogens (tertiary/aromatic N) is 1. The molecule has 4 aromatic rings. The van der Waals surface area contributed by atoms with Crippen LogP contribution in [0.2, 0.25) is 5.02 Å². The Kier molecular flexibility index (Phi) is 6.58. The molecule has 0 bridgehead atoms. The van der Waals surface area contributed by atoms with Crippen molar-refractivity contribution >= 4 is 22.6 Å². The Labute approximate surface area is 190 Å². The van der Waals surface area contributed by atoms with Crippen LogP contribution in [0.15, 0.2) is 82.2 Å². The topological polar surface area (TPSA) is 42.7 Å². The van der Waals surface area contributed by atoms with Gasteiger partial charge in [0.05, 0.1) is 10.9 Å². The monoisotopic (exact) mass is 451 g/mol. The second-order valence-corrected chi connectivity index (χ2v) is 8.33. The van der Waals surface area contributed by atoms with Gasteiger partial charge in [-0.3, -0.25) is 4.79 Å². The van der Waals surface area contributed by atoms with Crippen LogP contribution in [0.25, 0.3) is 22.1 Å². The Balaban J connectivity index is 1.69. The maximum atomic E-state index is 13.4. The summed E-state index contributed by atoms with van der Waals surface area (Å²) in [5.74, 6) is 0.254. The van der Waals surface area contributed by atoms with Crippen molar-refractivity contribution in [1.82, 2.24) is 4.90 Å². The standard InChI is InChI=1S/C26H23ClFNO3/c1-29(2)14-13-24(18-5-9-20(28)10-6-18)32-21-11-12-25-22(15-21)26(30)23(16-31-25)17-3-7-19(27)8-4-17/h3-12,15-16,24H,13-14H2,1-2H3. The van der Waals surface area contributed by atoms with E-state index in [9.17, 15) is 9.18 Å². The van der Waals surface area contributed by atoms with E-state index in [0.717, 1.165) is 17.7 Å². The molecule has 1 unspecified atom stereocenters. The molecule has 0 radical (unpaired) electrons. The Hall–Kier alpha value is -3.15. The zero-order chi connectivity index (χ0) is 22.7. The first kappa shape index (κ1) is 22.1. The quantitative estimate of drug-likeness (QED) is 0.329. The zero-order valence-electron chi connectivity index (χ0n) is 17.8. The van der Waals surface area contributed by atoms with Crippen molar-refractivity contribution in [2.45, 2.75) is 12.5 Å². The summed E-state index contributed by atoms with van der Waals surface area (Å²) in [6.07, 6.45) is 1.88. The summed E-state index contributed by atoms with van der Waals surface area (Å²) < 4.78 is 25.4. The lowest BCUT2D eigenvalue weighted by Crippen LogP contribution is -2.19. The lowest BCUT2D eigenvalue weighted by Gasteiger charge is -2.21. The first-order chi connectivity index (χ1) is 15.4. The maximum Gasteiger partial charge on any atom is 0.200 e. The number of halogens is 2. The predicted molar refractivity (Wildman–Crippen MR) is 126 cm³/mol. The van der Waals surface area contributed by atoms with Gasteiger partial charge in [-0.1, -0.05) is 35.9 Å². The number of benzene rings is 3. The van der Waals surface area contributed by atoms with Crippen molar-refractivity contribution in [3.63, 3.8) is 0 Å². The highest BCUT2D eigenvalue weighted by Gasteiger charge is 2.16. The summed E-state index contributed by atoms with van der Waals surface area (Å²) in [7, 11) is 3.97. The summed E-state index contributed by atoms with van der Waals surface area (Å²) >= 11 is 5.97. The van der Waals surface area contributed by atoms with Gasteiger partial charge in [0.2, 0.25) is 5.43 Å². The normalized spacial score (nSPS) is 12.3. The van der Waals surface area contributed by atoms with Gasteiger partial charge in [0.25, 0.3) is 0 Å². The molecular formula is C26H23ClFNO3. The first-order valence-electron chi connectivity index (χ1n) is 10.3. The molecule has 0 fully saturated rings. The fourth-order valence-electron chi connectivity index (χ4n) is 3.52. The van der Waals surface area contributed by atoms with E-state index in [-0.39, 0.29) is 17.3 Å². The largest absolute Gasteiger partial charge is 0.486 e. The third kappa shape index (κ3) is 5.01. The average molecular weight is 452 g/mol. The second kappa shape index (κ2) is 9.55. The second-order valence-electron chi connectivity index (χ2n) is 7.89. The number of fused-ring (bicyclic) bond motifs is 1. The molecule has 164 valence electrons. The third-order valence-electron chi connectivity index (χ3n) is 5.26. The van der Waals surface area contributed by atoms with E-state index >= 15 is 0 Å². The highest BCUT2D eigenvalue weighted by Crippen LogP contribution is 2.29. The van der Waals surface area contributed by atoms with E-state index in [1.54, 1.807) is 54.6 Å². The molecule has 0 saturated heterocycles. The van der Waals surface area contributed by atoms with E-state index in [4.69, 9.17) is 20.8 Å². The minimum atomic E-state index is -0.293. The van der Waals surface area contributed by atoms with Gasteiger partial charge in [-0.2, -0.15) is 0 Å². The molecule has 1 heterocycles. The van der Waals surface area contributed by atoms with Gasteiger partial charge in [0.15, 0.2) is 0 Å². The van der Waals surface area contributed by atoms with E-state index in [2.05, 4.69) is 4.90 Å². The van der Waals surface area contributed by atoms with Crippen molar-refractivity contribution in [3.05, 3.63) is 99.6 Å². The molecule has 1 aromatic heterocycles. The molecule has 0 spiro atoms. The number of ether oxygens (including phenoxy) is 1. The highest BCUT2D eigenvalue weighted by molar-refractivity contribution is 6.30. The molecule has 1 atom stereocenters. The Morgan fingerprint density at radius 3 is 2.44 bits per heavy atom. The maximum absolute atomic E-state index is 13.4. The van der Waals surface area contributed by atoms with Crippen molar-refractivity contribution < 1.29 is 13.5 Å².